The van der Waals surface area contributed by atoms with Crippen LogP contribution in [-0.2, 0) is 23.7 Å². The van der Waals surface area contributed by atoms with Crippen LogP contribution in [0.4, 0.5) is 0 Å². The molecule has 0 amide bonds. The van der Waals surface area contributed by atoms with Crippen molar-refractivity contribution in [3.63, 3.8) is 0 Å². The highest BCUT2D eigenvalue weighted by atomic mass is 16.1. The molecule has 0 N–H and O–H groups in total. The van der Waals surface area contributed by atoms with Crippen molar-refractivity contribution in [2.45, 2.75) is 39.0 Å². The van der Waals surface area contributed by atoms with E-state index in [0.29, 0.717) is 0 Å². The fraction of sp³-hybridized carbons (Fsp3) is 0.500. The van der Waals surface area contributed by atoms with E-state index >= 15 is 0 Å². The van der Waals surface area contributed by atoms with Crippen LogP contribution in [0.25, 0.3) is 0 Å². The zero-order chi connectivity index (χ0) is 16.3. The van der Waals surface area contributed by atoms with Gasteiger partial charge in [0, 0.05) is 23.4 Å². The standard InChI is InChI=1S/C18H19N3O/c1-6-13-12-7-8-14-17(2,3)16(22)11(10-19)9-18(14,4)15(12)20-21(13)5/h1,9,14H,7-8H2,2-5H3/t14-,18-/m0/s1. The minimum atomic E-state index is -0.569. The van der Waals surface area contributed by atoms with Gasteiger partial charge in [0.25, 0.3) is 0 Å². The number of aromatic nitrogens is 2. The summed E-state index contributed by atoms with van der Waals surface area (Å²) in [5.74, 6) is 2.78. The van der Waals surface area contributed by atoms with E-state index in [1.807, 2.05) is 27.0 Å². The summed E-state index contributed by atoms with van der Waals surface area (Å²) in [6.07, 6.45) is 9.14. The van der Waals surface area contributed by atoms with E-state index in [1.165, 1.54) is 0 Å². The van der Waals surface area contributed by atoms with Crippen LogP contribution >= 0.6 is 0 Å². The molecule has 4 heteroatoms. The van der Waals surface area contributed by atoms with E-state index in [4.69, 9.17) is 6.42 Å². The molecule has 1 aromatic heterocycles. The molecule has 0 saturated heterocycles. The lowest BCUT2D eigenvalue weighted by atomic mass is 9.52. The summed E-state index contributed by atoms with van der Waals surface area (Å²) in [5, 5.41) is 14.0. The Bertz CT molecular complexity index is 798. The van der Waals surface area contributed by atoms with Crippen LogP contribution in [0, 0.1) is 35.0 Å². The maximum atomic E-state index is 12.6. The molecule has 1 heterocycles. The predicted molar refractivity (Wildman–Crippen MR) is 82.8 cm³/mol. The number of aryl methyl sites for hydroxylation is 1. The number of fused-ring (bicyclic) bond motifs is 3. The van der Waals surface area contributed by atoms with Gasteiger partial charge >= 0.3 is 0 Å². The molecular weight excluding hydrogens is 274 g/mol. The minimum Gasteiger partial charge on any atom is -0.293 e. The highest BCUT2D eigenvalue weighted by Gasteiger charge is 2.55. The number of nitriles is 1. The molecule has 0 aromatic carbocycles. The van der Waals surface area contributed by atoms with Gasteiger partial charge in [-0.15, -0.1) is 6.42 Å². The maximum Gasteiger partial charge on any atom is 0.178 e. The van der Waals surface area contributed by atoms with E-state index in [9.17, 15) is 10.1 Å². The number of rotatable bonds is 0. The molecule has 0 aliphatic heterocycles. The fourth-order valence-electron chi connectivity index (χ4n) is 4.40. The first-order valence-electron chi connectivity index (χ1n) is 7.48. The van der Waals surface area contributed by atoms with Crippen molar-refractivity contribution in [2.24, 2.45) is 18.4 Å². The smallest absolute Gasteiger partial charge is 0.178 e. The van der Waals surface area contributed by atoms with Gasteiger partial charge in [0.2, 0.25) is 0 Å². The molecule has 0 unspecified atom stereocenters. The normalized spacial score (nSPS) is 28.9. The molecule has 0 spiro atoms. The van der Waals surface area contributed by atoms with Gasteiger partial charge in [0.15, 0.2) is 5.78 Å². The Hall–Kier alpha value is -2.33. The lowest BCUT2D eigenvalue weighted by molar-refractivity contribution is -0.128. The van der Waals surface area contributed by atoms with Crippen molar-refractivity contribution in [1.29, 1.82) is 5.26 Å². The highest BCUT2D eigenvalue weighted by molar-refractivity contribution is 6.04. The van der Waals surface area contributed by atoms with E-state index < -0.39 is 10.8 Å². The molecule has 2 aliphatic carbocycles. The van der Waals surface area contributed by atoms with Crippen LogP contribution in [0.2, 0.25) is 0 Å². The van der Waals surface area contributed by atoms with Crippen molar-refractivity contribution >= 4 is 5.78 Å². The second kappa shape index (κ2) is 4.34. The quantitative estimate of drug-likeness (QED) is 0.690. The Balaban J connectivity index is 2.32. The van der Waals surface area contributed by atoms with E-state index in [2.05, 4.69) is 24.0 Å². The zero-order valence-corrected chi connectivity index (χ0v) is 13.4. The number of terminal acetylenes is 1. The lowest BCUT2D eigenvalue weighted by Crippen LogP contribution is -2.51. The average Bonchev–Trinajstić information content (AvgIpc) is 2.80. The van der Waals surface area contributed by atoms with E-state index in [1.54, 1.807) is 4.68 Å². The number of ketones is 1. The van der Waals surface area contributed by atoms with Crippen LogP contribution in [0.3, 0.4) is 0 Å². The van der Waals surface area contributed by atoms with Gasteiger partial charge in [0.05, 0.1) is 11.3 Å². The van der Waals surface area contributed by atoms with Gasteiger partial charge in [-0.3, -0.25) is 9.48 Å². The van der Waals surface area contributed by atoms with Crippen molar-refractivity contribution in [3.8, 4) is 18.4 Å². The molecule has 0 saturated carbocycles. The number of carbonyl (C=O) groups excluding carboxylic acids is 1. The number of carbonyl (C=O) groups is 1. The largest absolute Gasteiger partial charge is 0.293 e. The number of hydrogen-bond acceptors (Lipinski definition) is 3. The maximum absolute atomic E-state index is 12.6. The number of hydrogen-bond donors (Lipinski definition) is 0. The van der Waals surface area contributed by atoms with Crippen molar-refractivity contribution in [3.05, 3.63) is 28.6 Å². The molecule has 0 fully saturated rings. The van der Waals surface area contributed by atoms with Gasteiger partial charge in [-0.25, -0.2) is 0 Å². The minimum absolute atomic E-state index is 0.0611. The Morgan fingerprint density at radius 3 is 2.73 bits per heavy atom. The van der Waals surface area contributed by atoms with Gasteiger partial charge in [-0.1, -0.05) is 32.8 Å². The molecule has 0 radical (unpaired) electrons. The van der Waals surface area contributed by atoms with Crippen LogP contribution in [-0.4, -0.2) is 15.6 Å². The van der Waals surface area contributed by atoms with Crippen LogP contribution in [0.15, 0.2) is 11.6 Å². The van der Waals surface area contributed by atoms with Crippen molar-refractivity contribution in [1.82, 2.24) is 9.78 Å². The van der Waals surface area contributed by atoms with Gasteiger partial charge in [0.1, 0.15) is 11.8 Å². The summed E-state index contributed by atoms with van der Waals surface area (Å²) in [6, 6.07) is 2.07. The summed E-state index contributed by atoms with van der Waals surface area (Å²) in [4.78, 5) is 12.6. The third kappa shape index (κ3) is 1.58. The summed E-state index contributed by atoms with van der Waals surface area (Å²) < 4.78 is 1.74. The third-order valence-corrected chi connectivity index (χ3v) is 5.46. The first-order valence-corrected chi connectivity index (χ1v) is 7.48. The Morgan fingerprint density at radius 1 is 1.45 bits per heavy atom. The average molecular weight is 293 g/mol. The molecule has 22 heavy (non-hydrogen) atoms. The second-order valence-electron chi connectivity index (χ2n) is 7.04. The Kier molecular flexibility index (Phi) is 2.88. The highest BCUT2D eigenvalue weighted by Crippen LogP contribution is 2.54. The van der Waals surface area contributed by atoms with E-state index in [-0.39, 0.29) is 17.3 Å². The van der Waals surface area contributed by atoms with Gasteiger partial charge in [-0.05, 0) is 18.8 Å². The summed E-state index contributed by atoms with van der Waals surface area (Å²) in [7, 11) is 1.85. The Labute approximate surface area is 130 Å². The third-order valence-electron chi connectivity index (χ3n) is 5.46. The summed E-state index contributed by atoms with van der Waals surface area (Å²) in [5.41, 5.74) is 2.05. The number of Topliss-reactive ketones (excluding diaryl/α,β-unsaturated/α-hetero) is 1. The van der Waals surface area contributed by atoms with Crippen LogP contribution in [0.1, 0.15) is 44.1 Å². The van der Waals surface area contributed by atoms with Gasteiger partial charge < -0.3 is 0 Å². The molecule has 3 rings (SSSR count). The summed E-state index contributed by atoms with van der Waals surface area (Å²) >= 11 is 0. The van der Waals surface area contributed by atoms with E-state index in [0.717, 1.165) is 29.8 Å². The second-order valence-corrected chi connectivity index (χ2v) is 7.04. The molecule has 1 aromatic rings. The van der Waals surface area contributed by atoms with Crippen LogP contribution in [0.5, 0.6) is 0 Å². The topological polar surface area (TPSA) is 58.7 Å². The van der Waals surface area contributed by atoms with Crippen molar-refractivity contribution < 1.29 is 4.79 Å². The summed E-state index contributed by atoms with van der Waals surface area (Å²) in [6.45, 7) is 5.96. The molecule has 0 bridgehead atoms. The predicted octanol–water partition coefficient (Wildman–Crippen LogP) is 2.28. The Morgan fingerprint density at radius 2 is 2.14 bits per heavy atom. The zero-order valence-electron chi connectivity index (χ0n) is 13.4. The molecule has 2 atom stereocenters. The monoisotopic (exact) mass is 293 g/mol. The molecular formula is C18H19N3O. The number of nitrogens with zero attached hydrogens (tertiary/aromatic N) is 3. The molecule has 2 aliphatic rings. The van der Waals surface area contributed by atoms with Crippen LogP contribution < -0.4 is 0 Å². The first kappa shape index (κ1) is 14.6. The first-order chi connectivity index (χ1) is 10.3. The molecule has 4 nitrogen and oxygen atoms in total. The lowest BCUT2D eigenvalue weighted by Gasteiger charge is -2.49. The van der Waals surface area contributed by atoms with Crippen molar-refractivity contribution in [2.75, 3.05) is 0 Å². The molecule has 112 valence electrons. The SMILES string of the molecule is C#Cc1c2c(nn1C)[C@@]1(C)C=C(C#N)C(=O)C(C)(C)[C@@H]1CC2. The fourth-order valence-corrected chi connectivity index (χ4v) is 4.40. The van der Waals surface area contributed by atoms with Gasteiger partial charge in [-0.2, -0.15) is 10.4 Å². The number of allylic oxidation sites excluding steroid dienone is 2.